The van der Waals surface area contributed by atoms with Crippen LogP contribution >= 0.6 is 0 Å². The molecule has 0 spiro atoms. The number of carbonyl (C=O) groups is 1. The normalized spacial score (nSPS) is 12.3. The zero-order valence-electron chi connectivity index (χ0n) is 14.5. The van der Waals surface area contributed by atoms with Gasteiger partial charge in [-0.05, 0) is 30.6 Å². The van der Waals surface area contributed by atoms with Crippen molar-refractivity contribution in [2.24, 2.45) is 0 Å². The van der Waals surface area contributed by atoms with Gasteiger partial charge in [0.25, 0.3) is 0 Å². The molecular formula is C17H28NO3Si. The number of amides is 1. The number of hydrogen-bond acceptors (Lipinski definition) is 3. The summed E-state index contributed by atoms with van der Waals surface area (Å²) in [6, 6.07) is 10.4. The fourth-order valence-corrected chi connectivity index (χ4v) is 2.49. The molecular weight excluding hydrogens is 294 g/mol. The first-order chi connectivity index (χ1) is 10.1. The van der Waals surface area contributed by atoms with E-state index in [1.54, 1.807) is 0 Å². The summed E-state index contributed by atoms with van der Waals surface area (Å²) >= 11 is 0. The molecule has 0 heterocycles. The van der Waals surface area contributed by atoms with Crippen molar-refractivity contribution in [1.82, 2.24) is 5.32 Å². The van der Waals surface area contributed by atoms with Crippen LogP contribution in [0, 0.1) is 6.04 Å². The molecule has 0 fully saturated rings. The summed E-state index contributed by atoms with van der Waals surface area (Å²) in [6.07, 6.45) is -0.444. The van der Waals surface area contributed by atoms with E-state index in [0.717, 1.165) is 11.6 Å². The van der Waals surface area contributed by atoms with E-state index in [0.29, 0.717) is 6.61 Å². The van der Waals surface area contributed by atoms with Crippen LogP contribution in [0.1, 0.15) is 33.3 Å². The Morgan fingerprint density at radius 2 is 1.77 bits per heavy atom. The Balaban J connectivity index is 2.33. The van der Waals surface area contributed by atoms with Gasteiger partial charge in [-0.25, -0.2) is 4.79 Å². The average molecular weight is 323 g/mol. The Kier molecular flexibility index (Phi) is 6.62. The van der Waals surface area contributed by atoms with Gasteiger partial charge in [0.15, 0.2) is 8.32 Å². The van der Waals surface area contributed by atoms with Crippen molar-refractivity contribution in [1.29, 1.82) is 0 Å². The van der Waals surface area contributed by atoms with Crippen molar-refractivity contribution in [2.75, 3.05) is 6.61 Å². The van der Waals surface area contributed by atoms with Gasteiger partial charge in [-0.2, -0.15) is 0 Å². The molecule has 0 unspecified atom stereocenters. The average Bonchev–Trinajstić information content (AvgIpc) is 2.43. The highest BCUT2D eigenvalue weighted by Gasteiger charge is 2.37. The van der Waals surface area contributed by atoms with Gasteiger partial charge in [0.1, 0.15) is 6.61 Å². The quantitative estimate of drug-likeness (QED) is 0.785. The van der Waals surface area contributed by atoms with E-state index in [-0.39, 0.29) is 11.6 Å². The molecule has 5 heteroatoms. The molecule has 0 aliphatic heterocycles. The van der Waals surface area contributed by atoms with Gasteiger partial charge < -0.3 is 14.5 Å². The van der Waals surface area contributed by atoms with Crippen LogP contribution in [0.5, 0.6) is 0 Å². The van der Waals surface area contributed by atoms with Gasteiger partial charge in [-0.3, -0.25) is 0 Å². The first kappa shape index (κ1) is 18.7. The molecule has 0 atom stereocenters. The summed E-state index contributed by atoms with van der Waals surface area (Å²) in [5, 5.41) is 2.88. The molecule has 0 saturated heterocycles. The Hall–Kier alpha value is -1.33. The number of alkyl carbamates (subject to hydrolysis) is 1. The van der Waals surface area contributed by atoms with Crippen LogP contribution in [-0.2, 0) is 15.8 Å². The van der Waals surface area contributed by atoms with E-state index in [2.05, 4.69) is 39.2 Å². The lowest BCUT2D eigenvalue weighted by Gasteiger charge is -2.36. The van der Waals surface area contributed by atoms with Crippen molar-refractivity contribution >= 4 is 14.4 Å². The largest absolute Gasteiger partial charge is 0.445 e. The number of carbonyl (C=O) groups excluding carboxylic acids is 1. The molecule has 1 radical (unpaired) electrons. The van der Waals surface area contributed by atoms with Crippen LogP contribution < -0.4 is 5.32 Å². The van der Waals surface area contributed by atoms with Crippen LogP contribution in [0.4, 0.5) is 4.79 Å². The standard InChI is InChI=1S/C17H28NO3Si/c1-14(12-21-22(5,6)17(2,3)4)18-16(19)20-13-15-10-8-7-9-11-15/h7-11H,12-13H2,1-6H3,(H,18,19). The van der Waals surface area contributed by atoms with Crippen LogP contribution in [-0.4, -0.2) is 21.0 Å². The summed E-state index contributed by atoms with van der Waals surface area (Å²) in [7, 11) is -1.80. The second-order valence-electron chi connectivity index (χ2n) is 7.02. The molecule has 0 aliphatic carbocycles. The Bertz CT molecular complexity index is 469. The zero-order valence-corrected chi connectivity index (χ0v) is 15.5. The molecule has 1 aromatic rings. The highest BCUT2D eigenvalue weighted by atomic mass is 28.4. The lowest BCUT2D eigenvalue weighted by atomic mass is 10.2. The van der Waals surface area contributed by atoms with Gasteiger partial charge in [-0.1, -0.05) is 51.1 Å². The number of hydrogen-bond donors (Lipinski definition) is 1. The van der Waals surface area contributed by atoms with Crippen molar-refractivity contribution in [3.63, 3.8) is 0 Å². The third kappa shape index (κ3) is 6.20. The Morgan fingerprint density at radius 1 is 1.18 bits per heavy atom. The van der Waals surface area contributed by atoms with Crippen LogP contribution in [0.3, 0.4) is 0 Å². The fraction of sp³-hybridized carbons (Fsp3) is 0.529. The molecule has 123 valence electrons. The lowest BCUT2D eigenvalue weighted by molar-refractivity contribution is 0.138. The predicted octanol–water partition coefficient (Wildman–Crippen LogP) is 4.49. The zero-order chi connectivity index (χ0) is 16.8. The van der Waals surface area contributed by atoms with Gasteiger partial charge in [0.2, 0.25) is 0 Å². The molecule has 0 saturated carbocycles. The van der Waals surface area contributed by atoms with Crippen molar-refractivity contribution in [3.8, 4) is 0 Å². The maximum Gasteiger partial charge on any atom is 0.408 e. The van der Waals surface area contributed by atoms with Crippen LogP contribution in [0.25, 0.3) is 0 Å². The number of nitrogens with one attached hydrogen (secondary N) is 1. The summed E-state index contributed by atoms with van der Waals surface area (Å²) < 4.78 is 11.2. The first-order valence-corrected chi connectivity index (χ1v) is 10.5. The number of ether oxygens (including phenoxy) is 1. The predicted molar refractivity (Wildman–Crippen MR) is 91.8 cm³/mol. The van der Waals surface area contributed by atoms with E-state index < -0.39 is 14.4 Å². The highest BCUT2D eigenvalue weighted by molar-refractivity contribution is 6.74. The fourth-order valence-electron chi connectivity index (χ4n) is 1.47. The third-order valence-electron chi connectivity index (χ3n) is 3.98. The summed E-state index contributed by atoms with van der Waals surface area (Å²) in [5.41, 5.74) is 0.966. The molecule has 0 aromatic heterocycles. The van der Waals surface area contributed by atoms with Gasteiger partial charge in [0.05, 0.1) is 12.6 Å². The van der Waals surface area contributed by atoms with Gasteiger partial charge in [0, 0.05) is 0 Å². The molecule has 1 N–H and O–H groups in total. The summed E-state index contributed by atoms with van der Waals surface area (Å²) in [5.74, 6) is 0. The minimum absolute atomic E-state index is 0.154. The van der Waals surface area contributed by atoms with Gasteiger partial charge in [-0.15, -0.1) is 0 Å². The van der Waals surface area contributed by atoms with E-state index in [1.807, 2.05) is 37.3 Å². The van der Waals surface area contributed by atoms with E-state index in [1.165, 1.54) is 0 Å². The minimum atomic E-state index is -1.80. The molecule has 1 amide bonds. The first-order valence-electron chi connectivity index (χ1n) is 7.56. The van der Waals surface area contributed by atoms with E-state index in [4.69, 9.17) is 9.16 Å². The smallest absolute Gasteiger partial charge is 0.408 e. The lowest BCUT2D eigenvalue weighted by Crippen LogP contribution is -2.43. The Labute approximate surface area is 135 Å². The minimum Gasteiger partial charge on any atom is -0.445 e. The van der Waals surface area contributed by atoms with Crippen molar-refractivity contribution in [2.45, 2.75) is 52.4 Å². The maximum absolute atomic E-state index is 11.7. The molecule has 0 aliphatic rings. The molecule has 22 heavy (non-hydrogen) atoms. The Morgan fingerprint density at radius 3 is 2.32 bits per heavy atom. The van der Waals surface area contributed by atoms with Crippen molar-refractivity contribution < 1.29 is 14.0 Å². The van der Waals surface area contributed by atoms with Crippen LogP contribution in [0.15, 0.2) is 30.3 Å². The van der Waals surface area contributed by atoms with Crippen molar-refractivity contribution in [3.05, 3.63) is 41.9 Å². The highest BCUT2D eigenvalue weighted by Crippen LogP contribution is 2.36. The van der Waals surface area contributed by atoms with E-state index >= 15 is 0 Å². The molecule has 4 nitrogen and oxygen atoms in total. The SMILES string of the molecule is C[C](CO[Si](C)(C)C(C)(C)C)NC(=O)OCc1ccccc1. The molecule has 1 rings (SSSR count). The monoisotopic (exact) mass is 322 g/mol. The van der Waals surface area contributed by atoms with E-state index in [9.17, 15) is 4.79 Å². The van der Waals surface area contributed by atoms with Gasteiger partial charge >= 0.3 is 6.09 Å². The second-order valence-corrected chi connectivity index (χ2v) is 11.8. The topological polar surface area (TPSA) is 47.6 Å². The second kappa shape index (κ2) is 7.79. The number of benzene rings is 1. The molecule has 0 bridgehead atoms. The summed E-state index contributed by atoms with van der Waals surface area (Å²) in [4.78, 5) is 11.7. The van der Waals surface area contributed by atoms with Crippen LogP contribution in [0.2, 0.25) is 18.1 Å². The number of rotatable bonds is 6. The third-order valence-corrected chi connectivity index (χ3v) is 8.46. The molecule has 1 aromatic carbocycles. The summed E-state index contributed by atoms with van der Waals surface area (Å²) in [6.45, 7) is 13.5. The maximum atomic E-state index is 11.7.